The Hall–Kier alpha value is -7.16. The van der Waals surface area contributed by atoms with Crippen molar-refractivity contribution in [2.75, 3.05) is 9.80 Å². The van der Waals surface area contributed by atoms with Crippen molar-refractivity contribution in [3.63, 3.8) is 0 Å². The van der Waals surface area contributed by atoms with Gasteiger partial charge in [-0.25, -0.2) is 0 Å². The van der Waals surface area contributed by atoms with Crippen LogP contribution in [0.2, 0.25) is 0 Å². The van der Waals surface area contributed by atoms with E-state index >= 15 is 0 Å². The second-order valence-electron chi connectivity index (χ2n) is 14.5. The first-order chi connectivity index (χ1) is 27.3. The Bertz CT molecular complexity index is 2820. The molecule has 0 amide bonds. The highest BCUT2D eigenvalue weighted by Crippen LogP contribution is 2.64. The molecule has 1 unspecified atom stereocenters. The van der Waals surface area contributed by atoms with Gasteiger partial charge in [0.1, 0.15) is 0 Å². The molecule has 0 aromatic heterocycles. The van der Waals surface area contributed by atoms with Crippen LogP contribution in [0.15, 0.2) is 218 Å². The van der Waals surface area contributed by atoms with Crippen molar-refractivity contribution in [2.45, 2.75) is 5.41 Å². The Kier molecular flexibility index (Phi) is 7.11. The molecule has 1 atom stereocenters. The van der Waals surface area contributed by atoms with Crippen LogP contribution in [0.25, 0.3) is 33.0 Å². The Morgan fingerprint density at radius 2 is 0.691 bits per heavy atom. The molecule has 1 spiro atoms. The molecule has 2 aliphatic rings. The normalized spacial score (nSPS) is 14.6. The van der Waals surface area contributed by atoms with Crippen LogP contribution in [0.5, 0.6) is 0 Å². The first-order valence-electron chi connectivity index (χ1n) is 19.0. The second kappa shape index (κ2) is 12.5. The van der Waals surface area contributed by atoms with Gasteiger partial charge in [-0.15, -0.1) is 0 Å². The van der Waals surface area contributed by atoms with Crippen molar-refractivity contribution in [3.05, 3.63) is 241 Å². The van der Waals surface area contributed by atoms with Gasteiger partial charge in [-0.1, -0.05) is 152 Å². The number of nitrogens with zero attached hydrogens (tertiary/aromatic N) is 2. The molecular weight excluding hydrogens is 665 g/mol. The van der Waals surface area contributed by atoms with E-state index in [-0.39, 0.29) is 0 Å². The second-order valence-corrected chi connectivity index (χ2v) is 14.5. The predicted octanol–water partition coefficient (Wildman–Crippen LogP) is 14.1. The first-order valence-corrected chi connectivity index (χ1v) is 19.0. The lowest BCUT2D eigenvalue weighted by Gasteiger charge is -2.33. The van der Waals surface area contributed by atoms with Gasteiger partial charge in [-0.05, 0) is 117 Å². The molecule has 9 aromatic carbocycles. The predicted molar refractivity (Wildman–Crippen MR) is 230 cm³/mol. The molecule has 0 fully saturated rings. The van der Waals surface area contributed by atoms with Crippen molar-refractivity contribution in [2.24, 2.45) is 0 Å². The maximum atomic E-state index is 2.48. The van der Waals surface area contributed by atoms with Crippen LogP contribution >= 0.6 is 0 Å². The van der Waals surface area contributed by atoms with Crippen LogP contribution in [-0.4, -0.2) is 0 Å². The number of fused-ring (bicyclic) bond motifs is 11. The van der Waals surface area contributed by atoms with E-state index in [0.717, 1.165) is 34.1 Å². The first kappa shape index (κ1) is 31.4. The maximum absolute atomic E-state index is 2.48. The molecule has 0 saturated heterocycles. The van der Waals surface area contributed by atoms with Crippen LogP contribution in [0.1, 0.15) is 22.3 Å². The highest BCUT2D eigenvalue weighted by atomic mass is 15.1. The van der Waals surface area contributed by atoms with Gasteiger partial charge in [0.2, 0.25) is 0 Å². The third-order valence-corrected chi connectivity index (χ3v) is 11.6. The fourth-order valence-corrected chi connectivity index (χ4v) is 9.40. The molecular formula is C53H36N2. The summed E-state index contributed by atoms with van der Waals surface area (Å²) in [6.45, 7) is 0. The molecule has 2 heteroatoms. The quantitative estimate of drug-likeness (QED) is 0.170. The molecule has 0 saturated carbocycles. The number of rotatable bonds is 6. The smallest absolute Gasteiger partial charge is 0.0727 e. The average Bonchev–Trinajstić information content (AvgIpc) is 3.72. The Morgan fingerprint density at radius 1 is 0.273 bits per heavy atom. The summed E-state index contributed by atoms with van der Waals surface area (Å²) in [5.41, 5.74) is 16.7. The zero-order valence-electron chi connectivity index (χ0n) is 30.2. The van der Waals surface area contributed by atoms with E-state index < -0.39 is 5.41 Å². The van der Waals surface area contributed by atoms with E-state index in [1.165, 1.54) is 55.3 Å². The number of anilines is 6. The lowest BCUT2D eigenvalue weighted by molar-refractivity contribution is 0.793. The summed E-state index contributed by atoms with van der Waals surface area (Å²) >= 11 is 0. The largest absolute Gasteiger partial charge is 0.310 e. The summed E-state index contributed by atoms with van der Waals surface area (Å²) < 4.78 is 0. The minimum atomic E-state index is -0.524. The highest BCUT2D eigenvalue weighted by molar-refractivity contribution is 6.01. The Labute approximate surface area is 321 Å². The van der Waals surface area contributed by atoms with Gasteiger partial charge in [-0.3, -0.25) is 0 Å². The van der Waals surface area contributed by atoms with Crippen LogP contribution in [0, 0.1) is 0 Å². The van der Waals surface area contributed by atoms with Crippen molar-refractivity contribution in [1.29, 1.82) is 0 Å². The fourth-order valence-electron chi connectivity index (χ4n) is 9.40. The zero-order valence-corrected chi connectivity index (χ0v) is 30.2. The molecule has 2 nitrogen and oxygen atoms in total. The van der Waals surface area contributed by atoms with Gasteiger partial charge in [0.25, 0.3) is 0 Å². The topological polar surface area (TPSA) is 6.48 Å². The van der Waals surface area contributed by atoms with E-state index in [1.54, 1.807) is 0 Å². The molecule has 258 valence electrons. The van der Waals surface area contributed by atoms with Gasteiger partial charge in [0, 0.05) is 33.8 Å². The molecule has 0 radical (unpaired) electrons. The molecule has 0 aliphatic heterocycles. The fraction of sp³-hybridized carbons (Fsp3) is 0.0189. The molecule has 2 aliphatic carbocycles. The third-order valence-electron chi connectivity index (χ3n) is 11.6. The third kappa shape index (κ3) is 4.68. The summed E-state index contributed by atoms with van der Waals surface area (Å²) in [5, 5.41) is 2.44. The van der Waals surface area contributed by atoms with Crippen LogP contribution < -0.4 is 9.80 Å². The zero-order chi connectivity index (χ0) is 36.3. The monoisotopic (exact) mass is 700 g/mol. The van der Waals surface area contributed by atoms with Gasteiger partial charge >= 0.3 is 0 Å². The van der Waals surface area contributed by atoms with Crippen molar-refractivity contribution < 1.29 is 0 Å². The Morgan fingerprint density at radius 3 is 1.25 bits per heavy atom. The van der Waals surface area contributed by atoms with E-state index in [2.05, 4.69) is 228 Å². The van der Waals surface area contributed by atoms with Gasteiger partial charge in [0.05, 0.1) is 11.1 Å². The standard InChI is InChI=1S/C53H36N2/c1-4-19-38(20-5-1)54(39-21-6-2-7-22-39)41-31-33-46-44-26-12-14-28-48(44)53(50(46)35-41)49-29-15-13-27-45(49)47-34-32-42(36-51(47)53)55(40-23-8-3-9-24-40)52-30-16-18-37-17-10-11-25-43(37)52/h1-36H. The van der Waals surface area contributed by atoms with Crippen molar-refractivity contribution >= 4 is 44.9 Å². The summed E-state index contributed by atoms with van der Waals surface area (Å²) in [5.74, 6) is 0. The highest BCUT2D eigenvalue weighted by Gasteiger charge is 2.52. The van der Waals surface area contributed by atoms with E-state index in [4.69, 9.17) is 0 Å². The number of hydrogen-bond acceptors (Lipinski definition) is 2. The Balaban J connectivity index is 1.20. The van der Waals surface area contributed by atoms with E-state index in [9.17, 15) is 0 Å². The summed E-state index contributed by atoms with van der Waals surface area (Å²) in [6.07, 6.45) is 0. The molecule has 0 heterocycles. The van der Waals surface area contributed by atoms with E-state index in [0.29, 0.717) is 0 Å². The van der Waals surface area contributed by atoms with Gasteiger partial charge in [0.15, 0.2) is 0 Å². The minimum Gasteiger partial charge on any atom is -0.310 e. The number of para-hydroxylation sites is 3. The minimum absolute atomic E-state index is 0.524. The molecule has 11 rings (SSSR count). The summed E-state index contributed by atoms with van der Waals surface area (Å²) in [4.78, 5) is 4.82. The number of hydrogen-bond donors (Lipinski definition) is 0. The summed E-state index contributed by atoms with van der Waals surface area (Å²) in [7, 11) is 0. The lowest BCUT2D eigenvalue weighted by Crippen LogP contribution is -2.26. The van der Waals surface area contributed by atoms with Gasteiger partial charge in [-0.2, -0.15) is 0 Å². The number of benzene rings is 9. The summed E-state index contributed by atoms with van der Waals surface area (Å²) in [6, 6.07) is 80.0. The molecule has 0 N–H and O–H groups in total. The van der Waals surface area contributed by atoms with E-state index in [1.807, 2.05) is 0 Å². The van der Waals surface area contributed by atoms with Gasteiger partial charge < -0.3 is 9.80 Å². The maximum Gasteiger partial charge on any atom is 0.0727 e. The molecule has 55 heavy (non-hydrogen) atoms. The average molecular weight is 701 g/mol. The molecule has 9 aromatic rings. The lowest BCUT2D eigenvalue weighted by atomic mass is 9.70. The van der Waals surface area contributed by atoms with Crippen molar-refractivity contribution in [3.8, 4) is 22.3 Å². The van der Waals surface area contributed by atoms with Crippen LogP contribution in [0.3, 0.4) is 0 Å². The van der Waals surface area contributed by atoms with Crippen molar-refractivity contribution in [1.82, 2.24) is 0 Å². The van der Waals surface area contributed by atoms with Crippen LogP contribution in [0.4, 0.5) is 34.1 Å². The van der Waals surface area contributed by atoms with Crippen LogP contribution in [-0.2, 0) is 5.41 Å². The SMILES string of the molecule is c1ccc(N(c2ccccc2)c2ccc3c(c2)C2(c4ccccc4-3)c3ccccc3-c3ccc(N(c4ccccc4)c4cccc5ccccc45)cc32)cc1. The molecule has 0 bridgehead atoms.